The first-order valence-electron chi connectivity index (χ1n) is 5.71. The fourth-order valence-electron chi connectivity index (χ4n) is 1.95. The van der Waals surface area contributed by atoms with Gasteiger partial charge in [-0.05, 0) is 13.3 Å². The molecule has 0 aromatic rings. The molecule has 0 aromatic heterocycles. The molecule has 2 N–H and O–H groups in total. The number of carbonyl (C=O) groups is 1. The third kappa shape index (κ3) is 2.75. The zero-order valence-corrected chi connectivity index (χ0v) is 10.3. The highest BCUT2D eigenvalue weighted by Gasteiger charge is 2.42. The van der Waals surface area contributed by atoms with E-state index in [2.05, 4.69) is 5.32 Å². The van der Waals surface area contributed by atoms with Gasteiger partial charge in [0, 0.05) is 7.05 Å². The van der Waals surface area contributed by atoms with Crippen molar-refractivity contribution in [1.29, 1.82) is 0 Å². The molecule has 1 amide bonds. The van der Waals surface area contributed by atoms with Crippen molar-refractivity contribution in [1.82, 2.24) is 5.32 Å². The summed E-state index contributed by atoms with van der Waals surface area (Å²) in [5.41, 5.74) is 0. The van der Waals surface area contributed by atoms with E-state index in [0.29, 0.717) is 0 Å². The van der Waals surface area contributed by atoms with Crippen LogP contribution in [0.25, 0.3) is 0 Å². The molecule has 1 fully saturated rings. The van der Waals surface area contributed by atoms with Crippen molar-refractivity contribution in [2.45, 2.75) is 50.7 Å². The molecule has 0 saturated carbocycles. The Hall–Kier alpha value is -0.585. The number of ether oxygens (including phenoxy) is 2. The Morgan fingerprint density at radius 1 is 1.69 bits per heavy atom. The van der Waals surface area contributed by atoms with E-state index >= 15 is 0 Å². The van der Waals surface area contributed by atoms with Crippen LogP contribution in [0.4, 0.5) is 0 Å². The van der Waals surface area contributed by atoms with Crippen molar-refractivity contribution in [2.24, 2.45) is 0 Å². The molecule has 0 spiro atoms. The summed E-state index contributed by atoms with van der Waals surface area (Å²) in [6.07, 6.45) is -1.13. The lowest BCUT2D eigenvalue weighted by Gasteiger charge is -2.22. The smallest absolute Gasteiger partial charge is 0.248 e. The maximum Gasteiger partial charge on any atom is 0.248 e. The Morgan fingerprint density at radius 2 is 2.31 bits per heavy atom. The molecule has 1 unspecified atom stereocenters. The van der Waals surface area contributed by atoms with Crippen LogP contribution in [0.5, 0.6) is 0 Å². The van der Waals surface area contributed by atoms with Crippen LogP contribution in [0, 0.1) is 0 Å². The molecule has 16 heavy (non-hydrogen) atoms. The van der Waals surface area contributed by atoms with Crippen LogP contribution in [0.15, 0.2) is 0 Å². The van der Waals surface area contributed by atoms with E-state index in [1.807, 2.05) is 14.8 Å². The Bertz CT molecular complexity index is 251. The first-order valence-corrected chi connectivity index (χ1v) is 5.71. The number of hydrogen-bond donors (Lipinski definition) is 2. The molecule has 1 saturated heterocycles. The second kappa shape index (κ2) is 5.66. The number of likely N-dealkylation sites (N-methyl/N-ethyl adjacent to an activating group) is 1. The zero-order chi connectivity index (χ0) is 12.3. The third-order valence-electron chi connectivity index (χ3n) is 2.95. The largest absolute Gasteiger partial charge is 0.388 e. The molecule has 5 atom stereocenters. The molecule has 1 aliphatic rings. The molecular formula is C10H20BNO4. The minimum atomic E-state index is -0.660. The highest BCUT2D eigenvalue weighted by atomic mass is 16.6. The van der Waals surface area contributed by atoms with Crippen LogP contribution in [-0.2, 0) is 14.3 Å². The van der Waals surface area contributed by atoms with Crippen LogP contribution < -0.4 is 5.32 Å². The average molecular weight is 229 g/mol. The normalized spacial score (nSPS) is 36.0. The monoisotopic (exact) mass is 229 g/mol. The van der Waals surface area contributed by atoms with Gasteiger partial charge in [0.15, 0.2) is 0 Å². The summed E-state index contributed by atoms with van der Waals surface area (Å²) in [4.78, 5) is 11.3. The van der Waals surface area contributed by atoms with E-state index in [1.165, 1.54) is 0 Å². The second-order valence-electron chi connectivity index (χ2n) is 4.14. The van der Waals surface area contributed by atoms with Gasteiger partial charge in [-0.15, -0.1) is 0 Å². The minimum Gasteiger partial charge on any atom is -0.388 e. The van der Waals surface area contributed by atoms with E-state index in [-0.39, 0.29) is 18.0 Å². The Kier molecular flexibility index (Phi) is 4.77. The van der Waals surface area contributed by atoms with Gasteiger partial charge >= 0.3 is 0 Å². The van der Waals surface area contributed by atoms with Crippen LogP contribution in [-0.4, -0.2) is 56.3 Å². The van der Waals surface area contributed by atoms with Crippen molar-refractivity contribution in [3.05, 3.63) is 0 Å². The molecule has 0 radical (unpaired) electrons. The van der Waals surface area contributed by atoms with Crippen LogP contribution in [0.1, 0.15) is 20.3 Å². The fraction of sp³-hybridized carbons (Fsp3) is 0.900. The van der Waals surface area contributed by atoms with Crippen molar-refractivity contribution >= 4 is 13.8 Å². The Labute approximate surface area is 96.9 Å². The second-order valence-corrected chi connectivity index (χ2v) is 4.14. The van der Waals surface area contributed by atoms with Crippen molar-refractivity contribution in [3.63, 3.8) is 0 Å². The van der Waals surface area contributed by atoms with Gasteiger partial charge in [0.1, 0.15) is 26.2 Å². The molecule has 0 aromatic carbocycles. The van der Waals surface area contributed by atoms with Gasteiger partial charge in [-0.25, -0.2) is 0 Å². The van der Waals surface area contributed by atoms with Gasteiger partial charge in [0.25, 0.3) is 0 Å². The van der Waals surface area contributed by atoms with E-state index < -0.39 is 18.3 Å². The maximum absolute atomic E-state index is 11.3. The molecule has 1 heterocycles. The number of amides is 1. The molecule has 1 aliphatic heterocycles. The van der Waals surface area contributed by atoms with Crippen molar-refractivity contribution in [3.8, 4) is 0 Å². The predicted molar refractivity (Wildman–Crippen MR) is 61.9 cm³/mol. The quantitative estimate of drug-likeness (QED) is 0.584. The molecule has 5 nitrogen and oxygen atoms in total. The average Bonchev–Trinajstić information content (AvgIpc) is 2.55. The summed E-state index contributed by atoms with van der Waals surface area (Å²) in [5, 5.41) is 12.4. The summed E-state index contributed by atoms with van der Waals surface area (Å²) in [5.74, 6) is -0.195. The van der Waals surface area contributed by atoms with E-state index in [0.717, 1.165) is 6.42 Å². The van der Waals surface area contributed by atoms with Crippen molar-refractivity contribution in [2.75, 3.05) is 7.05 Å². The van der Waals surface area contributed by atoms with E-state index in [4.69, 9.17) is 9.47 Å². The lowest BCUT2D eigenvalue weighted by molar-refractivity contribution is -0.138. The summed E-state index contributed by atoms with van der Waals surface area (Å²) in [6, 6.07) is -0.188. The first-order chi connectivity index (χ1) is 7.51. The predicted octanol–water partition coefficient (Wildman–Crippen LogP) is -1.36. The fourth-order valence-corrected chi connectivity index (χ4v) is 1.95. The standard InChI is InChI=1S/C10H20BNO4/c1-4-6-7(13)8(9(11)16-6)15-5(2)10(14)12-3/h5-9,13H,4,11H2,1-3H3,(H,12,14)/t5-,6+,7-,8?,9+/m0/s1. The molecule has 6 heteroatoms. The van der Waals surface area contributed by atoms with Gasteiger partial charge < -0.3 is 19.9 Å². The van der Waals surface area contributed by atoms with Crippen LogP contribution in [0.3, 0.4) is 0 Å². The number of nitrogens with one attached hydrogen (secondary N) is 1. The summed E-state index contributed by atoms with van der Waals surface area (Å²) in [6.45, 7) is 3.61. The Morgan fingerprint density at radius 3 is 2.75 bits per heavy atom. The number of rotatable bonds is 4. The lowest BCUT2D eigenvalue weighted by Crippen LogP contribution is -2.42. The van der Waals surface area contributed by atoms with Crippen LogP contribution >= 0.6 is 0 Å². The number of aliphatic hydroxyl groups is 1. The van der Waals surface area contributed by atoms with E-state index in [1.54, 1.807) is 14.0 Å². The number of carbonyl (C=O) groups excluding carboxylic acids is 1. The van der Waals surface area contributed by atoms with Gasteiger partial charge in [0.05, 0.1) is 12.1 Å². The zero-order valence-electron chi connectivity index (χ0n) is 10.3. The summed E-state index contributed by atoms with van der Waals surface area (Å²) in [7, 11) is 3.40. The van der Waals surface area contributed by atoms with Gasteiger partial charge in [-0.3, -0.25) is 4.79 Å². The maximum atomic E-state index is 11.3. The molecule has 0 aliphatic carbocycles. The minimum absolute atomic E-state index is 0.188. The first kappa shape index (κ1) is 13.5. The summed E-state index contributed by atoms with van der Waals surface area (Å²) >= 11 is 0. The molecule has 0 bridgehead atoms. The summed E-state index contributed by atoms with van der Waals surface area (Å²) < 4.78 is 11.1. The SMILES string of the molecule is B[C@@H]1O[C@H](CC)[C@H](O)C1O[C@@H](C)C(=O)NC. The topological polar surface area (TPSA) is 67.8 Å². The molecule has 1 rings (SSSR count). The van der Waals surface area contributed by atoms with Crippen molar-refractivity contribution < 1.29 is 19.4 Å². The van der Waals surface area contributed by atoms with E-state index in [9.17, 15) is 9.90 Å². The third-order valence-corrected chi connectivity index (χ3v) is 2.95. The molecule has 92 valence electrons. The number of hydrogen-bond acceptors (Lipinski definition) is 4. The van der Waals surface area contributed by atoms with Crippen LogP contribution in [0.2, 0.25) is 0 Å². The van der Waals surface area contributed by atoms with Gasteiger partial charge in [-0.2, -0.15) is 0 Å². The Balaban J connectivity index is 2.57. The lowest BCUT2D eigenvalue weighted by atomic mass is 9.92. The van der Waals surface area contributed by atoms with Gasteiger partial charge in [-0.1, -0.05) is 6.92 Å². The highest BCUT2D eigenvalue weighted by molar-refractivity contribution is 6.11. The highest BCUT2D eigenvalue weighted by Crippen LogP contribution is 2.25. The van der Waals surface area contributed by atoms with Gasteiger partial charge in [0.2, 0.25) is 5.91 Å². The molecular weight excluding hydrogens is 209 g/mol. The number of aliphatic hydroxyl groups excluding tert-OH is 1.